The van der Waals surface area contributed by atoms with Crippen molar-refractivity contribution in [2.45, 2.75) is 40.0 Å². The van der Waals surface area contributed by atoms with Crippen molar-refractivity contribution in [1.29, 1.82) is 0 Å². The van der Waals surface area contributed by atoms with E-state index in [1.807, 2.05) is 43.3 Å². The highest BCUT2D eigenvalue weighted by molar-refractivity contribution is 5.52. The Labute approximate surface area is 174 Å². The lowest BCUT2D eigenvalue weighted by atomic mass is 10.1. The third-order valence-corrected chi connectivity index (χ3v) is 4.87. The molecule has 0 saturated heterocycles. The summed E-state index contributed by atoms with van der Waals surface area (Å²) in [7, 11) is 3.91. The molecule has 0 aliphatic heterocycles. The van der Waals surface area contributed by atoms with Crippen molar-refractivity contribution in [3.05, 3.63) is 61.9 Å². The van der Waals surface area contributed by atoms with E-state index in [2.05, 4.69) is 32.2 Å². The lowest BCUT2D eigenvalue weighted by Gasteiger charge is -2.11. The van der Waals surface area contributed by atoms with Crippen molar-refractivity contribution >= 4 is 17.1 Å². The zero-order valence-electron chi connectivity index (χ0n) is 18.0. The van der Waals surface area contributed by atoms with Crippen LogP contribution in [0.5, 0.6) is 0 Å². The van der Waals surface area contributed by atoms with Crippen LogP contribution in [0.1, 0.15) is 36.7 Å². The minimum absolute atomic E-state index is 0.141. The van der Waals surface area contributed by atoms with Crippen molar-refractivity contribution in [2.24, 2.45) is 10.2 Å². The molecule has 9 nitrogen and oxygen atoms in total. The number of benzene rings is 1. The molecule has 0 unspecified atom stereocenters. The molecule has 0 spiro atoms. The van der Waals surface area contributed by atoms with Gasteiger partial charge in [-0.3, -0.25) is 19.7 Å². The fraction of sp³-hybridized carbons (Fsp3) is 0.381. The Morgan fingerprint density at radius 3 is 2.40 bits per heavy atom. The minimum atomic E-state index is -0.426. The Morgan fingerprint density at radius 1 is 1.10 bits per heavy atom. The number of azo groups is 1. The molecule has 0 saturated carbocycles. The molecular formula is C21H27N7O2. The number of anilines is 1. The molecule has 9 heteroatoms. The van der Waals surface area contributed by atoms with Crippen LogP contribution < -0.4 is 16.0 Å². The number of aromatic nitrogens is 4. The predicted octanol–water partition coefficient (Wildman–Crippen LogP) is 3.69. The number of nitrogens with one attached hydrogen (secondary N) is 2. The first kappa shape index (κ1) is 21.2. The normalized spacial score (nSPS) is 11.4. The van der Waals surface area contributed by atoms with Gasteiger partial charge in [0.1, 0.15) is 0 Å². The van der Waals surface area contributed by atoms with Crippen LogP contribution in [0, 0.1) is 13.8 Å². The van der Waals surface area contributed by atoms with E-state index in [1.54, 1.807) is 13.8 Å². The van der Waals surface area contributed by atoms with Crippen molar-refractivity contribution < 1.29 is 0 Å². The molecular weight excluding hydrogens is 382 g/mol. The molecule has 3 aromatic rings. The van der Waals surface area contributed by atoms with Gasteiger partial charge < -0.3 is 4.90 Å². The standard InChI is InChI=1S/C21H27N7O2/c1-6-7-8-17-13(2)22-21(23-19(17)29)28-20(30)18(14(3)26-28)25-24-15-9-11-16(12-10-15)27(4)5/h9-12,26H,6-8H2,1-5H3,(H,22,23,29). The van der Waals surface area contributed by atoms with E-state index in [1.165, 1.54) is 4.68 Å². The van der Waals surface area contributed by atoms with E-state index in [4.69, 9.17) is 0 Å². The van der Waals surface area contributed by atoms with Gasteiger partial charge in [0.15, 0.2) is 5.69 Å². The molecule has 2 heterocycles. The number of aromatic amines is 2. The molecule has 2 N–H and O–H groups in total. The van der Waals surface area contributed by atoms with Crippen LogP contribution in [0.15, 0.2) is 44.1 Å². The highest BCUT2D eigenvalue weighted by Crippen LogP contribution is 2.21. The largest absolute Gasteiger partial charge is 0.378 e. The Bertz CT molecular complexity index is 1170. The molecule has 2 aromatic heterocycles. The Kier molecular flexibility index (Phi) is 6.29. The summed E-state index contributed by atoms with van der Waals surface area (Å²) in [6.07, 6.45) is 2.56. The lowest BCUT2D eigenvalue weighted by molar-refractivity contribution is 0.735. The summed E-state index contributed by atoms with van der Waals surface area (Å²) in [4.78, 5) is 34.4. The van der Waals surface area contributed by atoms with Gasteiger partial charge in [-0.05, 0) is 51.0 Å². The molecule has 30 heavy (non-hydrogen) atoms. The number of hydrogen-bond acceptors (Lipinski definition) is 6. The quantitative estimate of drug-likeness (QED) is 0.580. The van der Waals surface area contributed by atoms with Crippen LogP contribution in [0.3, 0.4) is 0 Å². The Morgan fingerprint density at radius 2 is 1.80 bits per heavy atom. The van der Waals surface area contributed by atoms with Crippen LogP contribution in [0.4, 0.5) is 17.1 Å². The molecule has 3 rings (SSSR count). The van der Waals surface area contributed by atoms with Gasteiger partial charge in [0.25, 0.3) is 5.56 Å². The smallest absolute Gasteiger partial charge is 0.301 e. The maximum absolute atomic E-state index is 12.8. The summed E-state index contributed by atoms with van der Waals surface area (Å²) < 4.78 is 1.19. The fourth-order valence-corrected chi connectivity index (χ4v) is 3.08. The number of H-pyrrole nitrogens is 2. The predicted molar refractivity (Wildman–Crippen MR) is 118 cm³/mol. The number of unbranched alkanes of at least 4 members (excludes halogenated alkanes) is 1. The summed E-state index contributed by atoms with van der Waals surface area (Å²) >= 11 is 0. The van der Waals surface area contributed by atoms with E-state index < -0.39 is 5.56 Å². The second-order valence-electron chi connectivity index (χ2n) is 7.39. The van der Waals surface area contributed by atoms with Gasteiger partial charge in [-0.15, -0.1) is 5.11 Å². The first-order valence-electron chi connectivity index (χ1n) is 9.92. The monoisotopic (exact) mass is 409 g/mol. The van der Waals surface area contributed by atoms with Crippen molar-refractivity contribution in [1.82, 2.24) is 19.7 Å². The second-order valence-corrected chi connectivity index (χ2v) is 7.39. The van der Waals surface area contributed by atoms with Crippen LogP contribution in [0.2, 0.25) is 0 Å². The van der Waals surface area contributed by atoms with Gasteiger partial charge >= 0.3 is 5.56 Å². The summed E-state index contributed by atoms with van der Waals surface area (Å²) in [5, 5.41) is 11.2. The maximum Gasteiger partial charge on any atom is 0.301 e. The van der Waals surface area contributed by atoms with E-state index in [0.29, 0.717) is 29.1 Å². The molecule has 0 amide bonds. The summed E-state index contributed by atoms with van der Waals surface area (Å²) in [6, 6.07) is 7.51. The zero-order chi connectivity index (χ0) is 21.8. The number of nitrogens with zero attached hydrogens (tertiary/aromatic N) is 5. The van der Waals surface area contributed by atoms with Crippen molar-refractivity contribution in [3.63, 3.8) is 0 Å². The second kappa shape index (κ2) is 8.89. The molecule has 0 bridgehead atoms. The molecule has 158 valence electrons. The van der Waals surface area contributed by atoms with E-state index >= 15 is 0 Å². The topological polar surface area (TPSA) is 112 Å². The first-order valence-corrected chi connectivity index (χ1v) is 9.92. The van der Waals surface area contributed by atoms with Crippen LogP contribution in [0.25, 0.3) is 5.95 Å². The van der Waals surface area contributed by atoms with E-state index in [0.717, 1.165) is 18.5 Å². The number of hydrogen-bond donors (Lipinski definition) is 2. The first-order chi connectivity index (χ1) is 14.3. The van der Waals surface area contributed by atoms with Gasteiger partial charge in [0.2, 0.25) is 5.95 Å². The Balaban J connectivity index is 1.92. The molecule has 0 aliphatic rings. The SMILES string of the molecule is CCCCc1c(C)nc(-n2[nH]c(C)c(N=Nc3ccc(N(C)C)cc3)c2=O)[nH]c1=O. The average molecular weight is 409 g/mol. The van der Waals surface area contributed by atoms with Gasteiger partial charge in [-0.25, -0.2) is 4.98 Å². The average Bonchev–Trinajstić information content (AvgIpc) is 2.99. The Hall–Kier alpha value is -3.49. The van der Waals surface area contributed by atoms with Crippen LogP contribution in [-0.2, 0) is 6.42 Å². The number of rotatable bonds is 7. The van der Waals surface area contributed by atoms with E-state index in [-0.39, 0.29) is 17.2 Å². The third kappa shape index (κ3) is 4.40. The van der Waals surface area contributed by atoms with Crippen molar-refractivity contribution in [3.8, 4) is 5.95 Å². The summed E-state index contributed by atoms with van der Waals surface area (Å²) in [5.74, 6) is 0.141. The fourth-order valence-electron chi connectivity index (χ4n) is 3.08. The third-order valence-electron chi connectivity index (χ3n) is 4.87. The zero-order valence-corrected chi connectivity index (χ0v) is 18.0. The van der Waals surface area contributed by atoms with Gasteiger partial charge in [-0.1, -0.05) is 13.3 Å². The van der Waals surface area contributed by atoms with Gasteiger partial charge in [0, 0.05) is 25.3 Å². The van der Waals surface area contributed by atoms with Crippen LogP contribution in [-0.4, -0.2) is 33.8 Å². The van der Waals surface area contributed by atoms with Gasteiger partial charge in [-0.2, -0.15) is 9.80 Å². The maximum atomic E-state index is 12.8. The summed E-state index contributed by atoms with van der Waals surface area (Å²) in [6.45, 7) is 5.57. The van der Waals surface area contributed by atoms with E-state index in [9.17, 15) is 9.59 Å². The molecule has 0 aliphatic carbocycles. The minimum Gasteiger partial charge on any atom is -0.378 e. The highest BCUT2D eigenvalue weighted by atomic mass is 16.1. The lowest BCUT2D eigenvalue weighted by Crippen LogP contribution is -2.24. The van der Waals surface area contributed by atoms with Crippen molar-refractivity contribution in [2.75, 3.05) is 19.0 Å². The summed E-state index contributed by atoms with van der Waals surface area (Å²) in [5.41, 5.74) is 2.99. The molecule has 0 radical (unpaired) electrons. The van der Waals surface area contributed by atoms with Crippen LogP contribution >= 0.6 is 0 Å². The molecule has 1 aromatic carbocycles. The molecule has 0 fully saturated rings. The highest BCUT2D eigenvalue weighted by Gasteiger charge is 2.16. The number of aryl methyl sites for hydroxylation is 2. The van der Waals surface area contributed by atoms with Gasteiger partial charge in [0.05, 0.1) is 17.1 Å². The molecule has 0 atom stereocenters.